The number of nitrogens with one attached hydrogen (secondary N) is 1. The van der Waals surface area contributed by atoms with Gasteiger partial charge >= 0.3 is 12.3 Å². The Morgan fingerprint density at radius 1 is 1.21 bits per heavy atom. The second-order valence-electron chi connectivity index (χ2n) is 7.46. The fraction of sp³-hybridized carbons (Fsp3) is 0.474. The maximum absolute atomic E-state index is 13.5. The summed E-state index contributed by atoms with van der Waals surface area (Å²) < 4.78 is 45.9. The number of hydrogen-bond acceptors (Lipinski definition) is 5. The van der Waals surface area contributed by atoms with Crippen LogP contribution in [-0.4, -0.2) is 38.3 Å². The Morgan fingerprint density at radius 2 is 1.86 bits per heavy atom. The molecule has 2 N–H and O–H groups in total. The lowest BCUT2D eigenvalue weighted by Gasteiger charge is -2.28. The van der Waals surface area contributed by atoms with Gasteiger partial charge in [-0.1, -0.05) is 6.92 Å². The van der Waals surface area contributed by atoms with Gasteiger partial charge in [0.1, 0.15) is 11.6 Å². The minimum absolute atomic E-state index is 0.0263. The summed E-state index contributed by atoms with van der Waals surface area (Å²) in [4.78, 5) is 22.6. The van der Waals surface area contributed by atoms with Gasteiger partial charge in [-0.15, -0.1) is 0 Å². The van der Waals surface area contributed by atoms with Crippen molar-refractivity contribution in [2.24, 2.45) is 5.92 Å². The van der Waals surface area contributed by atoms with E-state index in [1.165, 1.54) is 24.4 Å². The first-order valence-corrected chi connectivity index (χ1v) is 8.89. The number of carboxylic acid groups (broad SMARTS) is 1. The van der Waals surface area contributed by atoms with E-state index in [0.717, 1.165) is 0 Å². The quantitative estimate of drug-likeness (QED) is 0.703. The van der Waals surface area contributed by atoms with Crippen molar-refractivity contribution in [3.63, 3.8) is 0 Å². The summed E-state index contributed by atoms with van der Waals surface area (Å²) in [6.45, 7) is 6.76. The highest BCUT2D eigenvalue weighted by molar-refractivity contribution is 5.65. The van der Waals surface area contributed by atoms with Crippen LogP contribution in [-0.2, 0) is 6.18 Å². The van der Waals surface area contributed by atoms with E-state index in [-0.39, 0.29) is 29.7 Å². The summed E-state index contributed by atoms with van der Waals surface area (Å²) >= 11 is 0. The van der Waals surface area contributed by atoms with Crippen LogP contribution in [0.4, 0.5) is 18.0 Å². The van der Waals surface area contributed by atoms with Crippen LogP contribution >= 0.6 is 0 Å². The molecule has 7 nitrogen and oxygen atoms in total. The van der Waals surface area contributed by atoms with Gasteiger partial charge in [0.25, 0.3) is 0 Å². The molecule has 0 radical (unpaired) electrons. The van der Waals surface area contributed by atoms with Crippen LogP contribution in [0.1, 0.15) is 38.7 Å². The number of pyridine rings is 1. The third-order valence-electron chi connectivity index (χ3n) is 3.99. The number of hydrogen-bond donors (Lipinski definition) is 2. The van der Waals surface area contributed by atoms with Crippen LogP contribution in [0.5, 0.6) is 5.75 Å². The summed E-state index contributed by atoms with van der Waals surface area (Å²) in [5, 5.41) is 11.2. The summed E-state index contributed by atoms with van der Waals surface area (Å²) in [6.07, 6.45) is -4.04. The van der Waals surface area contributed by atoms with Crippen LogP contribution in [0.25, 0.3) is 11.4 Å². The van der Waals surface area contributed by atoms with Crippen molar-refractivity contribution in [1.82, 2.24) is 20.3 Å². The lowest BCUT2D eigenvalue weighted by molar-refractivity contribution is -0.142. The van der Waals surface area contributed by atoms with E-state index >= 15 is 0 Å². The average molecular weight is 412 g/mol. The number of carbonyl (C=O) groups is 1. The van der Waals surface area contributed by atoms with E-state index in [1.807, 2.05) is 0 Å². The third kappa shape index (κ3) is 6.58. The lowest BCUT2D eigenvalue weighted by atomic mass is 9.92. The minimum Gasteiger partial charge on any atom is -0.491 e. The van der Waals surface area contributed by atoms with Crippen molar-refractivity contribution in [2.45, 2.75) is 45.8 Å². The molecule has 2 aromatic heterocycles. The predicted octanol–water partition coefficient (Wildman–Crippen LogP) is 4.32. The van der Waals surface area contributed by atoms with Crippen molar-refractivity contribution in [2.75, 3.05) is 6.61 Å². The maximum Gasteiger partial charge on any atom is 0.437 e. The first-order chi connectivity index (χ1) is 13.4. The zero-order valence-electron chi connectivity index (χ0n) is 16.5. The number of aryl methyl sites for hydroxylation is 1. The molecule has 0 unspecified atom stereocenters. The molecule has 2 heterocycles. The zero-order valence-corrected chi connectivity index (χ0v) is 16.5. The molecule has 0 saturated carbocycles. The van der Waals surface area contributed by atoms with Crippen LogP contribution in [0.15, 0.2) is 24.4 Å². The van der Waals surface area contributed by atoms with E-state index in [0.29, 0.717) is 12.2 Å². The highest BCUT2D eigenvalue weighted by Gasteiger charge is 2.37. The van der Waals surface area contributed by atoms with Crippen LogP contribution in [0.3, 0.4) is 0 Å². The van der Waals surface area contributed by atoms with E-state index < -0.39 is 23.5 Å². The average Bonchev–Trinajstić information content (AvgIpc) is 2.57. The molecule has 2 rings (SSSR count). The number of aromatic nitrogens is 3. The standard InChI is InChI=1S/C19H23F3N4O3/c1-11(9-18(3,4)26-17(27)28)10-29-15-6-5-13(25-16(15)19(20,21)22)14-7-8-23-12(2)24-14/h5-8,11,26H,9-10H2,1-4H3,(H,27,28)/t11-/m0/s1. The van der Waals surface area contributed by atoms with Crippen LogP contribution < -0.4 is 10.1 Å². The van der Waals surface area contributed by atoms with Gasteiger partial charge in [-0.2, -0.15) is 13.2 Å². The molecule has 0 spiro atoms. The molecule has 0 aliphatic carbocycles. The predicted molar refractivity (Wildman–Crippen MR) is 99.5 cm³/mol. The number of halogens is 3. The molecule has 0 fully saturated rings. The lowest BCUT2D eigenvalue weighted by Crippen LogP contribution is -2.44. The Bertz CT molecular complexity index is 872. The Balaban J connectivity index is 2.19. The smallest absolute Gasteiger partial charge is 0.437 e. The zero-order chi connectivity index (χ0) is 21.8. The van der Waals surface area contributed by atoms with Crippen molar-refractivity contribution >= 4 is 6.09 Å². The number of amides is 1. The summed E-state index contributed by atoms with van der Waals surface area (Å²) in [7, 11) is 0. The Labute approximate surface area is 166 Å². The normalized spacial score (nSPS) is 13.1. The van der Waals surface area contributed by atoms with Crippen molar-refractivity contribution in [1.29, 1.82) is 0 Å². The van der Waals surface area contributed by atoms with Gasteiger partial charge in [-0.25, -0.2) is 19.7 Å². The molecule has 0 saturated heterocycles. The van der Waals surface area contributed by atoms with Crippen LogP contribution in [0, 0.1) is 12.8 Å². The molecular weight excluding hydrogens is 389 g/mol. The second-order valence-corrected chi connectivity index (χ2v) is 7.46. The number of ether oxygens (including phenoxy) is 1. The highest BCUT2D eigenvalue weighted by atomic mass is 19.4. The highest BCUT2D eigenvalue weighted by Crippen LogP contribution is 2.36. The van der Waals surface area contributed by atoms with Gasteiger partial charge in [-0.05, 0) is 51.3 Å². The Kier molecular flexibility index (Phi) is 6.66. The van der Waals surface area contributed by atoms with Gasteiger partial charge in [-0.3, -0.25) is 0 Å². The molecule has 158 valence electrons. The van der Waals surface area contributed by atoms with E-state index in [2.05, 4.69) is 20.3 Å². The maximum atomic E-state index is 13.5. The molecule has 1 atom stereocenters. The Morgan fingerprint density at radius 3 is 2.45 bits per heavy atom. The Hall–Kier alpha value is -2.91. The molecule has 0 aliphatic heterocycles. The second kappa shape index (κ2) is 8.62. The molecule has 29 heavy (non-hydrogen) atoms. The minimum atomic E-state index is -4.71. The van der Waals surface area contributed by atoms with Gasteiger partial charge in [0, 0.05) is 11.7 Å². The number of alkyl halides is 3. The number of rotatable bonds is 7. The number of nitrogens with zero attached hydrogens (tertiary/aromatic N) is 3. The van der Waals surface area contributed by atoms with Gasteiger partial charge < -0.3 is 15.2 Å². The molecule has 1 amide bonds. The van der Waals surface area contributed by atoms with Crippen molar-refractivity contribution < 1.29 is 27.8 Å². The fourth-order valence-electron chi connectivity index (χ4n) is 3.01. The molecule has 2 aromatic rings. The molecule has 0 bridgehead atoms. The largest absolute Gasteiger partial charge is 0.491 e. The molecule has 0 aromatic carbocycles. The SMILES string of the molecule is Cc1nccc(-c2ccc(OC[C@@H](C)CC(C)(C)NC(=O)O)c(C(F)(F)F)n2)n1. The molecule has 10 heteroatoms. The first kappa shape index (κ1) is 22.4. The van der Waals surface area contributed by atoms with E-state index in [9.17, 15) is 18.0 Å². The first-order valence-electron chi connectivity index (χ1n) is 8.89. The van der Waals surface area contributed by atoms with E-state index in [1.54, 1.807) is 27.7 Å². The van der Waals surface area contributed by atoms with Crippen molar-refractivity contribution in [3.8, 4) is 17.1 Å². The monoisotopic (exact) mass is 412 g/mol. The van der Waals surface area contributed by atoms with Gasteiger partial charge in [0.05, 0.1) is 18.0 Å². The van der Waals surface area contributed by atoms with Crippen LogP contribution in [0.2, 0.25) is 0 Å². The molecular formula is C19H23F3N4O3. The topological polar surface area (TPSA) is 97.2 Å². The summed E-state index contributed by atoms with van der Waals surface area (Å²) in [5.41, 5.74) is -1.53. The third-order valence-corrected chi connectivity index (χ3v) is 3.99. The fourth-order valence-corrected chi connectivity index (χ4v) is 3.01. The van der Waals surface area contributed by atoms with Crippen molar-refractivity contribution in [3.05, 3.63) is 35.9 Å². The van der Waals surface area contributed by atoms with Gasteiger partial charge in [0.15, 0.2) is 5.69 Å². The summed E-state index contributed by atoms with van der Waals surface area (Å²) in [6, 6.07) is 4.11. The van der Waals surface area contributed by atoms with E-state index in [4.69, 9.17) is 9.84 Å². The van der Waals surface area contributed by atoms with Gasteiger partial charge in [0.2, 0.25) is 0 Å². The molecule has 0 aliphatic rings. The summed E-state index contributed by atoms with van der Waals surface area (Å²) in [5.74, 6) is -0.172.